The van der Waals surface area contributed by atoms with Crippen LogP contribution in [0.4, 0.5) is 18.9 Å². The Hall–Kier alpha value is -2.22. The van der Waals surface area contributed by atoms with Gasteiger partial charge < -0.3 is 14.7 Å². The van der Waals surface area contributed by atoms with E-state index in [1.165, 1.54) is 0 Å². The standard InChI is InChI=1S/C11H10F3N3O4S/c12-11(13,14)22(18,19)21-9-3-8(16)7(4-15)10(17-9)20-5-6-1-2-6/h3,6H,1-2,5H2,(H2,16,17). The monoisotopic (exact) mass is 337 g/mol. The summed E-state index contributed by atoms with van der Waals surface area (Å²) in [5, 5.41) is 8.94. The molecule has 0 spiro atoms. The van der Waals surface area contributed by atoms with Gasteiger partial charge in [0.1, 0.15) is 11.6 Å². The number of nitrogens with zero attached hydrogens (tertiary/aromatic N) is 2. The summed E-state index contributed by atoms with van der Waals surface area (Å²) in [7, 11) is -5.88. The van der Waals surface area contributed by atoms with Crippen molar-refractivity contribution >= 4 is 15.8 Å². The Morgan fingerprint density at radius 3 is 2.59 bits per heavy atom. The van der Waals surface area contributed by atoms with Crippen molar-refractivity contribution in [1.29, 1.82) is 5.26 Å². The molecular formula is C11H10F3N3O4S. The highest BCUT2D eigenvalue weighted by atomic mass is 32.2. The number of hydrogen-bond acceptors (Lipinski definition) is 7. The van der Waals surface area contributed by atoms with Crippen LogP contribution < -0.4 is 14.7 Å². The molecule has 0 aromatic carbocycles. The third-order valence-electron chi connectivity index (χ3n) is 2.74. The average Bonchev–Trinajstić information content (AvgIpc) is 3.18. The van der Waals surface area contributed by atoms with Crippen LogP contribution in [-0.4, -0.2) is 25.5 Å². The average molecular weight is 337 g/mol. The van der Waals surface area contributed by atoms with Crippen molar-refractivity contribution in [2.75, 3.05) is 12.3 Å². The summed E-state index contributed by atoms with van der Waals surface area (Å²) >= 11 is 0. The van der Waals surface area contributed by atoms with E-state index in [2.05, 4.69) is 9.17 Å². The van der Waals surface area contributed by atoms with Gasteiger partial charge in [0.25, 0.3) is 0 Å². The first-order chi connectivity index (χ1) is 10.1. The lowest BCUT2D eigenvalue weighted by Crippen LogP contribution is -2.28. The van der Waals surface area contributed by atoms with Gasteiger partial charge in [0.05, 0.1) is 12.3 Å². The fraction of sp³-hybridized carbons (Fsp3) is 0.455. The van der Waals surface area contributed by atoms with Crippen LogP contribution in [0.5, 0.6) is 11.8 Å². The van der Waals surface area contributed by atoms with Crippen LogP contribution in [0.15, 0.2) is 6.07 Å². The van der Waals surface area contributed by atoms with Gasteiger partial charge in [-0.2, -0.15) is 31.8 Å². The smallest absolute Gasteiger partial charge is 0.476 e. The molecule has 1 aliphatic rings. The zero-order valence-electron chi connectivity index (χ0n) is 10.9. The van der Waals surface area contributed by atoms with Crippen LogP contribution in [0.25, 0.3) is 0 Å². The van der Waals surface area contributed by atoms with Crippen LogP contribution in [0.2, 0.25) is 0 Å². The second-order valence-corrected chi connectivity index (χ2v) is 6.12. The van der Waals surface area contributed by atoms with Gasteiger partial charge >= 0.3 is 15.6 Å². The molecule has 1 heterocycles. The van der Waals surface area contributed by atoms with Crippen molar-refractivity contribution in [1.82, 2.24) is 4.98 Å². The number of nitrogens with two attached hydrogens (primary N) is 1. The van der Waals surface area contributed by atoms with Crippen LogP contribution >= 0.6 is 0 Å². The second kappa shape index (κ2) is 5.53. The number of nitriles is 1. The van der Waals surface area contributed by atoms with Crippen molar-refractivity contribution in [3.05, 3.63) is 11.6 Å². The van der Waals surface area contributed by atoms with Gasteiger partial charge in [-0.15, -0.1) is 0 Å². The van der Waals surface area contributed by atoms with Gasteiger partial charge in [-0.3, -0.25) is 0 Å². The second-order valence-electron chi connectivity index (χ2n) is 4.58. The summed E-state index contributed by atoms with van der Waals surface area (Å²) in [5.41, 5.74) is -0.613. The molecule has 0 unspecified atom stereocenters. The molecule has 0 saturated heterocycles. The van der Waals surface area contributed by atoms with Gasteiger partial charge in [-0.1, -0.05) is 0 Å². The van der Waals surface area contributed by atoms with Gasteiger partial charge in [0, 0.05) is 6.07 Å². The van der Waals surface area contributed by atoms with E-state index in [9.17, 15) is 21.6 Å². The first-order valence-corrected chi connectivity index (χ1v) is 7.39. The maximum absolute atomic E-state index is 12.3. The highest BCUT2D eigenvalue weighted by Gasteiger charge is 2.49. The van der Waals surface area contributed by atoms with E-state index in [0.717, 1.165) is 12.8 Å². The minimum Gasteiger partial charge on any atom is -0.476 e. The van der Waals surface area contributed by atoms with Gasteiger partial charge in [0.15, 0.2) is 0 Å². The molecule has 2 N–H and O–H groups in total. The molecule has 2 rings (SSSR count). The largest absolute Gasteiger partial charge is 0.534 e. The fourth-order valence-electron chi connectivity index (χ4n) is 1.42. The molecule has 0 radical (unpaired) electrons. The van der Waals surface area contributed by atoms with Crippen LogP contribution in [0.3, 0.4) is 0 Å². The fourth-order valence-corrected chi connectivity index (χ4v) is 1.82. The zero-order valence-corrected chi connectivity index (χ0v) is 11.7. The maximum atomic E-state index is 12.3. The molecule has 120 valence electrons. The van der Waals surface area contributed by atoms with E-state index in [1.54, 1.807) is 6.07 Å². The highest BCUT2D eigenvalue weighted by molar-refractivity contribution is 7.87. The Morgan fingerprint density at radius 1 is 1.45 bits per heavy atom. The van der Waals surface area contributed by atoms with Gasteiger partial charge in [-0.25, -0.2) is 0 Å². The predicted octanol–water partition coefficient (Wildman–Crippen LogP) is 1.55. The molecule has 1 saturated carbocycles. The predicted molar refractivity (Wildman–Crippen MR) is 67.2 cm³/mol. The first kappa shape index (κ1) is 16.2. The van der Waals surface area contributed by atoms with Gasteiger partial charge in [-0.05, 0) is 18.8 Å². The normalized spacial score (nSPS) is 15.2. The SMILES string of the molecule is N#Cc1c(N)cc(OS(=O)(=O)C(F)(F)F)nc1OCC1CC1. The number of nitrogen functional groups attached to an aromatic ring is 1. The van der Waals surface area contributed by atoms with Crippen molar-refractivity contribution < 1.29 is 30.5 Å². The van der Waals surface area contributed by atoms with E-state index in [-0.39, 0.29) is 29.7 Å². The number of anilines is 1. The Kier molecular flexibility index (Phi) is 4.06. The lowest BCUT2D eigenvalue weighted by atomic mass is 10.2. The number of alkyl halides is 3. The topological polar surface area (TPSA) is 115 Å². The molecule has 11 heteroatoms. The van der Waals surface area contributed by atoms with Crippen molar-refractivity contribution in [3.8, 4) is 17.8 Å². The molecule has 0 atom stereocenters. The Bertz CT molecular complexity index is 723. The third kappa shape index (κ3) is 3.51. The van der Waals surface area contributed by atoms with Gasteiger partial charge in [0.2, 0.25) is 11.8 Å². The van der Waals surface area contributed by atoms with E-state index in [4.69, 9.17) is 15.7 Å². The summed E-state index contributed by atoms with van der Waals surface area (Å²) in [6, 6.07) is 2.40. The van der Waals surface area contributed by atoms with Crippen molar-refractivity contribution in [3.63, 3.8) is 0 Å². The number of hydrogen-bond donors (Lipinski definition) is 1. The Balaban J connectivity index is 2.31. The zero-order chi connectivity index (χ0) is 16.5. The minimum atomic E-state index is -5.88. The molecule has 0 bridgehead atoms. The maximum Gasteiger partial charge on any atom is 0.534 e. The number of aromatic nitrogens is 1. The summed E-state index contributed by atoms with van der Waals surface area (Å²) in [5.74, 6) is -1.00. The molecule has 1 fully saturated rings. The van der Waals surface area contributed by atoms with Crippen LogP contribution in [0, 0.1) is 17.2 Å². The van der Waals surface area contributed by atoms with E-state index >= 15 is 0 Å². The molecular weight excluding hydrogens is 327 g/mol. The summed E-state index contributed by atoms with van der Waals surface area (Å²) in [6.07, 6.45) is 1.85. The van der Waals surface area contributed by atoms with Crippen LogP contribution in [0.1, 0.15) is 18.4 Å². The molecule has 0 aliphatic heterocycles. The molecule has 0 amide bonds. The lowest BCUT2D eigenvalue weighted by molar-refractivity contribution is -0.0501. The third-order valence-corrected chi connectivity index (χ3v) is 3.69. The highest BCUT2D eigenvalue weighted by Crippen LogP contribution is 2.33. The first-order valence-electron chi connectivity index (χ1n) is 5.98. The number of rotatable bonds is 5. The molecule has 1 aromatic heterocycles. The van der Waals surface area contributed by atoms with E-state index < -0.39 is 21.5 Å². The molecule has 1 aliphatic carbocycles. The number of halogens is 3. The quantitative estimate of drug-likeness (QED) is 0.640. The van der Waals surface area contributed by atoms with E-state index in [1.807, 2.05) is 0 Å². The van der Waals surface area contributed by atoms with Crippen molar-refractivity contribution in [2.45, 2.75) is 18.3 Å². The summed E-state index contributed by atoms with van der Waals surface area (Å²) in [6.45, 7) is 0.205. The Morgan fingerprint density at radius 2 is 2.09 bits per heavy atom. The van der Waals surface area contributed by atoms with E-state index in [0.29, 0.717) is 6.07 Å². The van der Waals surface area contributed by atoms with Crippen molar-refractivity contribution in [2.24, 2.45) is 5.92 Å². The number of pyridine rings is 1. The summed E-state index contributed by atoms with van der Waals surface area (Å²) in [4.78, 5) is 3.48. The molecule has 22 heavy (non-hydrogen) atoms. The Labute approximate surface area is 123 Å². The van der Waals surface area contributed by atoms with Crippen LogP contribution in [-0.2, 0) is 10.1 Å². The molecule has 7 nitrogen and oxygen atoms in total. The lowest BCUT2D eigenvalue weighted by Gasteiger charge is -2.12. The minimum absolute atomic E-state index is 0.197. The molecule has 1 aromatic rings. The summed E-state index contributed by atoms with van der Waals surface area (Å²) < 4.78 is 67.8. The number of ether oxygens (including phenoxy) is 1.